The fourth-order valence-corrected chi connectivity index (χ4v) is 1.76. The van der Waals surface area contributed by atoms with E-state index < -0.39 is 5.60 Å². The van der Waals surface area contributed by atoms with Gasteiger partial charge in [-0.3, -0.25) is 0 Å². The second kappa shape index (κ2) is 5.10. The summed E-state index contributed by atoms with van der Waals surface area (Å²) in [7, 11) is 0. The number of hydrogen-bond donors (Lipinski definition) is 1. The molecule has 0 aromatic heterocycles. The van der Waals surface area contributed by atoms with E-state index in [0.717, 1.165) is 26.1 Å². The minimum Gasteiger partial charge on any atom is -0.390 e. The van der Waals surface area contributed by atoms with E-state index in [1.54, 1.807) is 0 Å². The van der Waals surface area contributed by atoms with Crippen LogP contribution >= 0.6 is 0 Å². The Morgan fingerprint density at radius 1 is 1.07 bits per heavy atom. The number of piperazine rings is 1. The maximum absolute atomic E-state index is 9.61. The summed E-state index contributed by atoms with van der Waals surface area (Å²) in [6.07, 6.45) is 0.874. The van der Waals surface area contributed by atoms with Crippen molar-refractivity contribution in [3.05, 3.63) is 0 Å². The molecule has 14 heavy (non-hydrogen) atoms. The lowest BCUT2D eigenvalue weighted by molar-refractivity contribution is 0.0481. The third-order valence-electron chi connectivity index (χ3n) is 2.95. The average Bonchev–Trinajstić information content (AvgIpc) is 2.14. The largest absolute Gasteiger partial charge is 0.390 e. The van der Waals surface area contributed by atoms with Crippen LogP contribution < -0.4 is 0 Å². The highest BCUT2D eigenvalue weighted by atomic mass is 16.3. The Bertz CT molecular complexity index is 157. The third-order valence-corrected chi connectivity index (χ3v) is 2.95. The lowest BCUT2D eigenvalue weighted by Crippen LogP contribution is -2.47. The van der Waals surface area contributed by atoms with Crippen molar-refractivity contribution in [2.75, 3.05) is 39.3 Å². The highest BCUT2D eigenvalue weighted by Gasteiger charge is 2.18. The molecule has 84 valence electrons. The fourth-order valence-electron chi connectivity index (χ4n) is 1.76. The van der Waals surface area contributed by atoms with Gasteiger partial charge in [0.05, 0.1) is 5.60 Å². The Balaban J connectivity index is 2.16. The van der Waals surface area contributed by atoms with Crippen molar-refractivity contribution in [1.82, 2.24) is 9.80 Å². The van der Waals surface area contributed by atoms with Crippen molar-refractivity contribution in [2.45, 2.75) is 32.8 Å². The molecule has 1 aliphatic rings. The molecule has 0 atom stereocenters. The molecule has 0 bridgehead atoms. The van der Waals surface area contributed by atoms with Gasteiger partial charge < -0.3 is 14.9 Å². The first kappa shape index (κ1) is 12.0. The summed E-state index contributed by atoms with van der Waals surface area (Å²) in [5, 5.41) is 9.61. The molecular weight excluding hydrogens is 176 g/mol. The van der Waals surface area contributed by atoms with E-state index in [2.05, 4.69) is 16.7 Å². The van der Waals surface area contributed by atoms with Crippen LogP contribution in [0.1, 0.15) is 27.2 Å². The SMILES string of the molecule is CCN1CCN(CCC(C)(C)O)CC1. The average molecular weight is 200 g/mol. The van der Waals surface area contributed by atoms with Crippen LogP contribution in [0.5, 0.6) is 0 Å². The molecule has 3 heteroatoms. The van der Waals surface area contributed by atoms with Crippen LogP contribution in [0.15, 0.2) is 0 Å². The smallest absolute Gasteiger partial charge is 0.0603 e. The standard InChI is InChI=1S/C11H24N2O/c1-4-12-7-9-13(10-8-12)6-5-11(2,3)14/h14H,4-10H2,1-3H3. The van der Waals surface area contributed by atoms with Crippen LogP contribution in [-0.4, -0.2) is 59.8 Å². The fraction of sp³-hybridized carbons (Fsp3) is 1.00. The summed E-state index contributed by atoms with van der Waals surface area (Å²) >= 11 is 0. The molecule has 1 saturated heterocycles. The number of aliphatic hydroxyl groups is 1. The Morgan fingerprint density at radius 3 is 2.00 bits per heavy atom. The van der Waals surface area contributed by atoms with Crippen molar-refractivity contribution >= 4 is 0 Å². The molecule has 0 aliphatic carbocycles. The molecule has 0 spiro atoms. The molecule has 0 aromatic rings. The number of likely N-dealkylation sites (N-methyl/N-ethyl adjacent to an activating group) is 1. The summed E-state index contributed by atoms with van der Waals surface area (Å²) in [6.45, 7) is 12.9. The van der Waals surface area contributed by atoms with Crippen molar-refractivity contribution in [2.24, 2.45) is 0 Å². The minimum absolute atomic E-state index is 0.512. The molecule has 1 heterocycles. The van der Waals surface area contributed by atoms with E-state index in [4.69, 9.17) is 0 Å². The quantitative estimate of drug-likeness (QED) is 0.726. The molecule has 1 aliphatic heterocycles. The van der Waals surface area contributed by atoms with Crippen LogP contribution in [0.2, 0.25) is 0 Å². The van der Waals surface area contributed by atoms with E-state index >= 15 is 0 Å². The van der Waals surface area contributed by atoms with Gasteiger partial charge in [-0.2, -0.15) is 0 Å². The Hall–Kier alpha value is -0.120. The van der Waals surface area contributed by atoms with Gasteiger partial charge in [0.15, 0.2) is 0 Å². The molecule has 0 unspecified atom stereocenters. The normalized spacial score (nSPS) is 21.4. The number of nitrogens with zero attached hydrogens (tertiary/aromatic N) is 2. The third kappa shape index (κ3) is 4.40. The summed E-state index contributed by atoms with van der Waals surface area (Å²) in [5.74, 6) is 0. The van der Waals surface area contributed by atoms with Gasteiger partial charge in [0.25, 0.3) is 0 Å². The van der Waals surface area contributed by atoms with Crippen LogP contribution in [0.25, 0.3) is 0 Å². The van der Waals surface area contributed by atoms with E-state index in [0.29, 0.717) is 0 Å². The van der Waals surface area contributed by atoms with Gasteiger partial charge in [-0.25, -0.2) is 0 Å². The summed E-state index contributed by atoms with van der Waals surface area (Å²) < 4.78 is 0. The maximum atomic E-state index is 9.61. The van der Waals surface area contributed by atoms with Crippen molar-refractivity contribution in [3.63, 3.8) is 0 Å². The molecule has 3 nitrogen and oxygen atoms in total. The number of rotatable bonds is 4. The van der Waals surface area contributed by atoms with Gasteiger partial charge >= 0.3 is 0 Å². The molecule has 0 aromatic carbocycles. The predicted molar refractivity (Wildman–Crippen MR) is 59.5 cm³/mol. The summed E-state index contributed by atoms with van der Waals surface area (Å²) in [5.41, 5.74) is -0.512. The van der Waals surface area contributed by atoms with Crippen LogP contribution in [-0.2, 0) is 0 Å². The lowest BCUT2D eigenvalue weighted by Gasteiger charge is -2.35. The summed E-state index contributed by atoms with van der Waals surface area (Å²) in [6, 6.07) is 0. The molecule has 0 radical (unpaired) electrons. The van der Waals surface area contributed by atoms with Gasteiger partial charge in [0, 0.05) is 32.7 Å². The van der Waals surface area contributed by atoms with Gasteiger partial charge in [-0.05, 0) is 26.8 Å². The Labute approximate surface area is 87.7 Å². The van der Waals surface area contributed by atoms with Gasteiger partial charge in [-0.15, -0.1) is 0 Å². The zero-order valence-corrected chi connectivity index (χ0v) is 9.79. The van der Waals surface area contributed by atoms with Gasteiger partial charge in [-0.1, -0.05) is 6.92 Å². The molecule has 1 fully saturated rings. The van der Waals surface area contributed by atoms with Crippen LogP contribution in [0, 0.1) is 0 Å². The zero-order chi connectivity index (χ0) is 10.6. The highest BCUT2D eigenvalue weighted by molar-refractivity contribution is 4.74. The lowest BCUT2D eigenvalue weighted by atomic mass is 10.1. The van der Waals surface area contributed by atoms with Crippen molar-refractivity contribution < 1.29 is 5.11 Å². The Kier molecular flexibility index (Phi) is 4.35. The molecule has 0 saturated carbocycles. The Morgan fingerprint density at radius 2 is 1.57 bits per heavy atom. The van der Waals surface area contributed by atoms with E-state index in [9.17, 15) is 5.11 Å². The first-order chi connectivity index (χ1) is 6.51. The van der Waals surface area contributed by atoms with Crippen LogP contribution in [0.4, 0.5) is 0 Å². The van der Waals surface area contributed by atoms with Crippen molar-refractivity contribution in [3.8, 4) is 0 Å². The van der Waals surface area contributed by atoms with E-state index in [1.165, 1.54) is 19.6 Å². The maximum Gasteiger partial charge on any atom is 0.0603 e. The van der Waals surface area contributed by atoms with E-state index in [-0.39, 0.29) is 0 Å². The van der Waals surface area contributed by atoms with Gasteiger partial charge in [0.2, 0.25) is 0 Å². The van der Waals surface area contributed by atoms with Crippen LogP contribution in [0.3, 0.4) is 0 Å². The summed E-state index contributed by atoms with van der Waals surface area (Å²) in [4.78, 5) is 4.92. The second-order valence-corrected chi connectivity index (χ2v) is 4.84. The monoisotopic (exact) mass is 200 g/mol. The first-order valence-corrected chi connectivity index (χ1v) is 5.68. The van der Waals surface area contributed by atoms with Gasteiger partial charge in [0.1, 0.15) is 0 Å². The molecule has 1 N–H and O–H groups in total. The minimum atomic E-state index is -0.512. The van der Waals surface area contributed by atoms with Crippen molar-refractivity contribution in [1.29, 1.82) is 0 Å². The zero-order valence-electron chi connectivity index (χ0n) is 9.79. The first-order valence-electron chi connectivity index (χ1n) is 5.68. The topological polar surface area (TPSA) is 26.7 Å². The number of hydrogen-bond acceptors (Lipinski definition) is 3. The van der Waals surface area contributed by atoms with E-state index in [1.807, 2.05) is 13.8 Å². The molecule has 1 rings (SSSR count). The molecular formula is C11H24N2O. The predicted octanol–water partition coefficient (Wildman–Crippen LogP) is 0.785. The second-order valence-electron chi connectivity index (χ2n) is 4.84. The highest BCUT2D eigenvalue weighted by Crippen LogP contribution is 2.10. The molecule has 0 amide bonds.